The van der Waals surface area contributed by atoms with Gasteiger partial charge in [-0.15, -0.1) is 0 Å². The molecule has 4 heterocycles. The van der Waals surface area contributed by atoms with Crippen molar-refractivity contribution < 1.29 is 23.9 Å². The van der Waals surface area contributed by atoms with E-state index in [0.29, 0.717) is 22.7 Å². The first-order valence-electron chi connectivity index (χ1n) is 24.2. The van der Waals surface area contributed by atoms with Crippen molar-refractivity contribution >= 4 is 56.2 Å². The number of nitrogens with one attached hydrogen (secondary N) is 2. The summed E-state index contributed by atoms with van der Waals surface area (Å²) < 4.78 is 17.7. The number of amides is 3. The van der Waals surface area contributed by atoms with Gasteiger partial charge >= 0.3 is 0 Å². The number of benzene rings is 3. The largest absolute Gasteiger partial charge is 0.391 e. The second kappa shape index (κ2) is 18.7. The van der Waals surface area contributed by atoms with Crippen LogP contribution in [0.15, 0.2) is 69.9 Å². The summed E-state index contributed by atoms with van der Waals surface area (Å²) in [6.45, 7) is 8.38. The molecule has 3 aliphatic heterocycles. The molecule has 1 aromatic heterocycles. The monoisotopic (exact) mass is 984 g/mol. The average Bonchev–Trinajstić information content (AvgIpc) is 3.86. The van der Waals surface area contributed by atoms with E-state index in [2.05, 4.69) is 60.3 Å². The minimum absolute atomic E-state index is 0.0526. The predicted molar refractivity (Wildman–Crippen MR) is 259 cm³/mol. The van der Waals surface area contributed by atoms with E-state index in [0.717, 1.165) is 104 Å². The summed E-state index contributed by atoms with van der Waals surface area (Å²) in [5.41, 5.74) is 2.59. The lowest BCUT2D eigenvalue weighted by molar-refractivity contribution is -0.145. The Morgan fingerprint density at radius 2 is 1.68 bits per heavy atom. The quantitative estimate of drug-likeness (QED) is 0.114. The van der Waals surface area contributed by atoms with Crippen LogP contribution in [0.4, 0.5) is 4.39 Å². The van der Waals surface area contributed by atoms with Crippen molar-refractivity contribution in [3.63, 3.8) is 0 Å². The minimum atomic E-state index is -1.96. The summed E-state index contributed by atoms with van der Waals surface area (Å²) >= 11 is 9.89. The first-order valence-corrected chi connectivity index (χ1v) is 25.4. The van der Waals surface area contributed by atoms with Crippen LogP contribution in [0.3, 0.4) is 0 Å². The number of unbranched alkanes of at least 4 members (excludes halogenated alkanes) is 2. The average molecular weight is 986 g/mol. The molecule has 9 rings (SSSR count). The van der Waals surface area contributed by atoms with E-state index in [1.807, 2.05) is 24.3 Å². The smallest absolute Gasteiger partial charge is 0.281 e. The fourth-order valence-electron chi connectivity index (χ4n) is 11.3. The molecule has 11 nitrogen and oxygen atoms in total. The topological polar surface area (TPSA) is 137 Å². The number of hydrogen-bond acceptors (Lipinski definition) is 7. The van der Waals surface area contributed by atoms with E-state index >= 15 is 0 Å². The van der Waals surface area contributed by atoms with E-state index in [1.54, 1.807) is 32.9 Å². The number of carbonyl (C=O) groups excluding carboxylic acids is 3. The number of aliphatic hydroxyl groups is 1. The Labute approximate surface area is 400 Å². The molecule has 5 aliphatic rings. The molecule has 0 unspecified atom stereocenters. The molecular weight excluding hydrogens is 923 g/mol. The van der Waals surface area contributed by atoms with Gasteiger partial charge < -0.3 is 25.5 Å². The summed E-state index contributed by atoms with van der Waals surface area (Å²) in [5.74, 6) is -0.307. The van der Waals surface area contributed by atoms with Crippen LogP contribution in [-0.4, -0.2) is 92.2 Å². The van der Waals surface area contributed by atoms with Crippen LogP contribution >= 0.6 is 27.5 Å². The number of nitrogens with zero attached hydrogens (tertiary/aromatic N) is 4. The number of halogens is 3. The standard InChI is InChI=1S/C52H63BrClFN6O5/c1-50(2,3)44(57-49(66)52(55)24-25-52)47(65)60-31-36(62)30-42(60)45(63)56-39(33-14-17-35(54)18-15-33)12-6-4-9-26-59-27-20-32(21-28-59)34-16-19-40-37(29-34)51(22-7-5-8-23-51)48-58-46(64)43-38(53)11-10-13-41(43)61(40)48/h10-11,13-19,29,32,36,39,42,44,62H,4-9,12,20-28,30-31H2,1-3H3,(H,56,63)(H,57,66)/t36-,39+,42+,44-/m1/s1. The highest BCUT2D eigenvalue weighted by Gasteiger charge is 2.53. The number of carbonyl (C=O) groups is 3. The number of hydrogen-bond donors (Lipinski definition) is 3. The van der Waals surface area contributed by atoms with Gasteiger partial charge in [-0.05, 0) is 145 Å². The van der Waals surface area contributed by atoms with E-state index in [4.69, 9.17) is 16.6 Å². The highest BCUT2D eigenvalue weighted by molar-refractivity contribution is 9.10. The summed E-state index contributed by atoms with van der Waals surface area (Å²) in [4.78, 5) is 63.1. The predicted octanol–water partition coefficient (Wildman–Crippen LogP) is 8.96. The van der Waals surface area contributed by atoms with Gasteiger partial charge in [0.05, 0.1) is 34.2 Å². The van der Waals surface area contributed by atoms with Gasteiger partial charge in [-0.1, -0.05) is 94.8 Å². The Hall–Kier alpha value is -4.17. The van der Waals surface area contributed by atoms with Crippen molar-refractivity contribution in [2.45, 2.75) is 152 Å². The molecule has 352 valence electrons. The maximum Gasteiger partial charge on any atom is 0.281 e. The third-order valence-electron chi connectivity index (χ3n) is 15.2. The fourth-order valence-corrected chi connectivity index (χ4v) is 12.0. The van der Waals surface area contributed by atoms with Crippen LogP contribution < -0.4 is 16.2 Å². The normalized spacial score (nSPS) is 22.2. The molecule has 2 saturated heterocycles. The summed E-state index contributed by atoms with van der Waals surface area (Å²) in [6, 6.07) is 18.1. The third-order valence-corrected chi connectivity index (χ3v) is 16.2. The molecule has 4 atom stereocenters. The lowest BCUT2D eigenvalue weighted by Crippen LogP contribution is -2.59. The van der Waals surface area contributed by atoms with E-state index in [9.17, 15) is 28.7 Å². The Bertz CT molecular complexity index is 2540. The Balaban J connectivity index is 0.807. The maximum atomic E-state index is 14.7. The number of piperidine rings is 1. The molecule has 2 aliphatic carbocycles. The number of fused-ring (bicyclic) bond motifs is 7. The Kier molecular flexibility index (Phi) is 13.3. The van der Waals surface area contributed by atoms with Gasteiger partial charge in [0.2, 0.25) is 11.8 Å². The number of aliphatic hydroxyl groups excluding tert-OH is 1. The van der Waals surface area contributed by atoms with Crippen LogP contribution in [0.5, 0.6) is 0 Å². The zero-order chi connectivity index (χ0) is 46.5. The van der Waals surface area contributed by atoms with Crippen LogP contribution in [0.2, 0.25) is 5.02 Å². The van der Waals surface area contributed by atoms with Crippen molar-refractivity contribution in [2.24, 2.45) is 5.41 Å². The number of β-amino-alcohol motifs (C(OH)–C–C–N with tert-alkyl or cyclic N) is 1. The molecule has 3 aromatic carbocycles. The molecule has 4 aromatic rings. The molecule has 14 heteroatoms. The molecule has 66 heavy (non-hydrogen) atoms. The summed E-state index contributed by atoms with van der Waals surface area (Å²) in [5, 5.41) is 17.8. The lowest BCUT2D eigenvalue weighted by atomic mass is 9.69. The van der Waals surface area contributed by atoms with Gasteiger partial charge in [0.1, 0.15) is 17.9 Å². The first kappa shape index (κ1) is 46.9. The minimum Gasteiger partial charge on any atom is -0.391 e. The van der Waals surface area contributed by atoms with Crippen LogP contribution in [0.25, 0.3) is 16.6 Å². The molecule has 0 bridgehead atoms. The third kappa shape index (κ3) is 9.22. The summed E-state index contributed by atoms with van der Waals surface area (Å²) in [6.07, 6.45) is 10.6. The van der Waals surface area contributed by atoms with Crippen LogP contribution in [-0.2, 0) is 19.8 Å². The van der Waals surface area contributed by atoms with Crippen molar-refractivity contribution in [1.29, 1.82) is 0 Å². The number of aromatic nitrogens is 2. The fraction of sp³-hybridized carbons (Fsp3) is 0.558. The SMILES string of the molecule is CC(C)(C)[C@H](NC(=O)C1(F)CC1)C(=O)N1C[C@H](O)C[C@H]1C(=O)N[C@@H](CCCCCN1CCC(c2ccc3c(c2)C2(CCCCC2)c2nc(=O)c4c(Br)cccc4n2-3)CC1)c1ccc(Cl)cc1. The van der Waals surface area contributed by atoms with Gasteiger partial charge in [0, 0.05) is 22.5 Å². The van der Waals surface area contributed by atoms with Gasteiger partial charge in [-0.2, -0.15) is 4.98 Å². The van der Waals surface area contributed by atoms with Crippen LogP contribution in [0.1, 0.15) is 145 Å². The summed E-state index contributed by atoms with van der Waals surface area (Å²) in [7, 11) is 0. The van der Waals surface area contributed by atoms with Crippen molar-refractivity contribution in [2.75, 3.05) is 26.2 Å². The molecule has 4 fully saturated rings. The van der Waals surface area contributed by atoms with Crippen molar-refractivity contribution in [3.8, 4) is 5.69 Å². The highest BCUT2D eigenvalue weighted by atomic mass is 79.9. The molecule has 1 spiro atoms. The number of alkyl halides is 1. The lowest BCUT2D eigenvalue weighted by Gasteiger charge is -2.36. The molecular formula is C52H63BrClFN6O5. The van der Waals surface area contributed by atoms with Crippen LogP contribution in [0, 0.1) is 5.41 Å². The molecule has 2 saturated carbocycles. The van der Waals surface area contributed by atoms with Crippen molar-refractivity contribution in [1.82, 2.24) is 30.0 Å². The van der Waals surface area contributed by atoms with E-state index in [-0.39, 0.29) is 48.7 Å². The zero-order valence-corrected chi connectivity index (χ0v) is 40.7. The van der Waals surface area contributed by atoms with Gasteiger partial charge in [0.25, 0.3) is 11.5 Å². The Morgan fingerprint density at radius 1 is 0.955 bits per heavy atom. The number of rotatable bonds is 13. The highest BCUT2D eigenvalue weighted by Crippen LogP contribution is 2.52. The van der Waals surface area contributed by atoms with Gasteiger partial charge in [0.15, 0.2) is 5.67 Å². The second-order valence-corrected chi connectivity index (χ2v) is 22.1. The first-order chi connectivity index (χ1) is 31.6. The Morgan fingerprint density at radius 3 is 2.38 bits per heavy atom. The number of likely N-dealkylation sites (tertiary alicyclic amines) is 2. The zero-order valence-electron chi connectivity index (χ0n) is 38.4. The molecule has 3 amide bonds. The maximum absolute atomic E-state index is 14.7. The van der Waals surface area contributed by atoms with Crippen molar-refractivity contribution in [3.05, 3.63) is 103 Å². The van der Waals surface area contributed by atoms with Gasteiger partial charge in [-0.25, -0.2) is 4.39 Å². The van der Waals surface area contributed by atoms with E-state index < -0.39 is 41.1 Å². The van der Waals surface area contributed by atoms with E-state index in [1.165, 1.54) is 22.4 Å². The second-order valence-electron chi connectivity index (χ2n) is 20.8. The molecule has 3 N–H and O–H groups in total. The van der Waals surface area contributed by atoms with Gasteiger partial charge in [-0.3, -0.25) is 23.7 Å². The molecule has 0 radical (unpaired) electrons.